The van der Waals surface area contributed by atoms with E-state index in [1.807, 2.05) is 38.1 Å². The average molecular weight is 565 g/mol. The first-order valence-electron chi connectivity index (χ1n) is 13.3. The van der Waals surface area contributed by atoms with Crippen molar-refractivity contribution in [1.82, 2.24) is 15.1 Å². The molecule has 0 unspecified atom stereocenters. The molecule has 0 bridgehead atoms. The van der Waals surface area contributed by atoms with E-state index in [1.54, 1.807) is 17.0 Å². The molecule has 2 fully saturated rings. The zero-order valence-electron chi connectivity index (χ0n) is 22.4. The van der Waals surface area contributed by atoms with Gasteiger partial charge in [-0.05, 0) is 67.1 Å². The number of unbranched alkanes of at least 4 members (excludes halogenated alkanes) is 1. The lowest BCUT2D eigenvalue weighted by Crippen LogP contribution is -2.74. The smallest absolute Gasteiger partial charge is 0.248 e. The van der Waals surface area contributed by atoms with E-state index in [2.05, 4.69) is 29.3 Å². The first kappa shape index (κ1) is 30.2. The van der Waals surface area contributed by atoms with Crippen LogP contribution in [-0.4, -0.2) is 64.0 Å². The SMILES string of the molecule is CCCCN1C(=O)[C@@H]([C@H](O)C(C)C)NC(=O)C12CCN(Cc1ccc(Oc3ccc(Cl)cc3)cc1)CC2.Cl. The quantitative estimate of drug-likeness (QED) is 0.447. The van der Waals surface area contributed by atoms with Crippen molar-refractivity contribution in [3.8, 4) is 11.5 Å². The second-order valence-electron chi connectivity index (χ2n) is 10.5. The van der Waals surface area contributed by atoms with Crippen LogP contribution in [0.5, 0.6) is 11.5 Å². The molecule has 0 aromatic heterocycles. The highest BCUT2D eigenvalue weighted by Gasteiger charge is 2.54. The van der Waals surface area contributed by atoms with Crippen LogP contribution in [0, 0.1) is 5.92 Å². The molecule has 1 spiro atoms. The summed E-state index contributed by atoms with van der Waals surface area (Å²) in [5.41, 5.74) is 0.318. The first-order chi connectivity index (χ1) is 17.7. The topological polar surface area (TPSA) is 82.1 Å². The van der Waals surface area contributed by atoms with Gasteiger partial charge in [0.25, 0.3) is 0 Å². The summed E-state index contributed by atoms with van der Waals surface area (Å²) >= 11 is 5.94. The normalized spacial score (nSPS) is 20.3. The van der Waals surface area contributed by atoms with E-state index in [4.69, 9.17) is 16.3 Å². The Kier molecular flexibility index (Phi) is 10.5. The number of nitrogens with one attached hydrogen (secondary N) is 1. The Morgan fingerprint density at radius 3 is 2.18 bits per heavy atom. The second kappa shape index (κ2) is 13.2. The highest BCUT2D eigenvalue weighted by Crippen LogP contribution is 2.35. The Balaban J connectivity index is 0.00000400. The Labute approximate surface area is 236 Å². The van der Waals surface area contributed by atoms with Crippen LogP contribution in [0.25, 0.3) is 0 Å². The van der Waals surface area contributed by atoms with Crippen molar-refractivity contribution < 1.29 is 19.4 Å². The van der Waals surface area contributed by atoms with Crippen molar-refractivity contribution in [2.75, 3.05) is 19.6 Å². The van der Waals surface area contributed by atoms with E-state index in [9.17, 15) is 14.7 Å². The monoisotopic (exact) mass is 563 g/mol. The molecule has 2 atom stereocenters. The third kappa shape index (κ3) is 6.63. The van der Waals surface area contributed by atoms with E-state index >= 15 is 0 Å². The number of likely N-dealkylation sites (tertiary alicyclic amines) is 1. The van der Waals surface area contributed by atoms with Crippen molar-refractivity contribution >= 4 is 35.8 Å². The van der Waals surface area contributed by atoms with Gasteiger partial charge in [0.2, 0.25) is 11.8 Å². The van der Waals surface area contributed by atoms with Gasteiger partial charge in [-0.1, -0.05) is 50.9 Å². The van der Waals surface area contributed by atoms with Gasteiger partial charge in [0.1, 0.15) is 23.1 Å². The minimum absolute atomic E-state index is 0. The molecule has 2 aliphatic rings. The number of carbonyl (C=O) groups excluding carboxylic acids is 2. The minimum atomic E-state index is -0.898. The van der Waals surface area contributed by atoms with Crippen molar-refractivity contribution in [3.05, 3.63) is 59.1 Å². The number of aliphatic hydroxyl groups excluding tert-OH is 1. The number of rotatable bonds is 9. The molecular formula is C29H39Cl2N3O4. The fourth-order valence-corrected chi connectivity index (χ4v) is 5.36. The molecule has 9 heteroatoms. The zero-order chi connectivity index (χ0) is 26.6. The van der Waals surface area contributed by atoms with Gasteiger partial charge in [-0.15, -0.1) is 12.4 Å². The van der Waals surface area contributed by atoms with Crippen LogP contribution in [0.2, 0.25) is 5.02 Å². The molecule has 4 rings (SSSR count). The Hall–Kier alpha value is -2.32. The fraction of sp³-hybridized carbons (Fsp3) is 0.517. The van der Waals surface area contributed by atoms with Crippen molar-refractivity contribution in [2.45, 2.75) is 70.7 Å². The molecule has 7 nitrogen and oxygen atoms in total. The van der Waals surface area contributed by atoms with Crippen LogP contribution in [0.3, 0.4) is 0 Å². The van der Waals surface area contributed by atoms with Crippen LogP contribution < -0.4 is 10.1 Å². The molecule has 2 N–H and O–H groups in total. The van der Waals surface area contributed by atoms with Crippen LogP contribution in [-0.2, 0) is 16.1 Å². The Bertz CT molecular complexity index is 1070. The molecule has 2 amide bonds. The molecular weight excluding hydrogens is 525 g/mol. The highest BCUT2D eigenvalue weighted by molar-refractivity contribution is 6.30. The highest BCUT2D eigenvalue weighted by atomic mass is 35.5. The van der Waals surface area contributed by atoms with Crippen LogP contribution in [0.4, 0.5) is 0 Å². The summed E-state index contributed by atoms with van der Waals surface area (Å²) < 4.78 is 5.89. The molecule has 2 aliphatic heterocycles. The maximum atomic E-state index is 13.5. The molecule has 2 aromatic carbocycles. The molecule has 2 saturated heterocycles. The Morgan fingerprint density at radius 2 is 1.63 bits per heavy atom. The minimum Gasteiger partial charge on any atom is -0.457 e. The van der Waals surface area contributed by atoms with Gasteiger partial charge in [0.05, 0.1) is 6.10 Å². The van der Waals surface area contributed by atoms with Gasteiger partial charge >= 0.3 is 0 Å². The maximum absolute atomic E-state index is 13.5. The second-order valence-corrected chi connectivity index (χ2v) is 11.0. The van der Waals surface area contributed by atoms with Crippen LogP contribution >= 0.6 is 24.0 Å². The summed E-state index contributed by atoms with van der Waals surface area (Å²) in [6, 6.07) is 14.4. The predicted molar refractivity (Wildman–Crippen MR) is 152 cm³/mol. The number of halogens is 2. The van der Waals surface area contributed by atoms with E-state index < -0.39 is 17.7 Å². The summed E-state index contributed by atoms with van der Waals surface area (Å²) in [5, 5.41) is 14.2. The van der Waals surface area contributed by atoms with E-state index in [-0.39, 0.29) is 30.1 Å². The van der Waals surface area contributed by atoms with Gasteiger partial charge in [-0.2, -0.15) is 0 Å². The largest absolute Gasteiger partial charge is 0.457 e. The molecule has 38 heavy (non-hydrogen) atoms. The number of hydrogen-bond acceptors (Lipinski definition) is 5. The number of hydrogen-bond donors (Lipinski definition) is 2. The van der Waals surface area contributed by atoms with Gasteiger partial charge in [-0.3, -0.25) is 14.5 Å². The third-order valence-corrected chi connectivity index (χ3v) is 7.83. The van der Waals surface area contributed by atoms with Gasteiger partial charge in [0, 0.05) is 31.2 Å². The molecule has 208 valence electrons. The maximum Gasteiger partial charge on any atom is 0.248 e. The number of aliphatic hydroxyl groups is 1. The zero-order valence-corrected chi connectivity index (χ0v) is 23.9. The third-order valence-electron chi connectivity index (χ3n) is 7.58. The summed E-state index contributed by atoms with van der Waals surface area (Å²) in [6.07, 6.45) is 2.03. The van der Waals surface area contributed by atoms with Crippen molar-refractivity contribution in [2.24, 2.45) is 5.92 Å². The number of carbonyl (C=O) groups is 2. The van der Waals surface area contributed by atoms with Gasteiger partial charge in [-0.25, -0.2) is 0 Å². The van der Waals surface area contributed by atoms with E-state index in [0.29, 0.717) is 37.5 Å². The van der Waals surface area contributed by atoms with Crippen LogP contribution in [0.1, 0.15) is 52.0 Å². The van der Waals surface area contributed by atoms with E-state index in [0.717, 1.165) is 36.4 Å². The predicted octanol–water partition coefficient (Wildman–Crippen LogP) is 5.03. The lowest BCUT2D eigenvalue weighted by molar-refractivity contribution is -0.165. The number of amides is 2. The fourth-order valence-electron chi connectivity index (χ4n) is 5.23. The lowest BCUT2D eigenvalue weighted by Gasteiger charge is -2.52. The number of piperidine rings is 1. The molecule has 0 aliphatic carbocycles. The standard InChI is InChI=1S/C29H38ClN3O4.ClH/c1-4-5-16-33-27(35)25(26(34)20(2)3)31-28(36)29(33)14-17-32(18-15-29)19-21-6-10-23(11-7-21)37-24-12-8-22(30)9-13-24;/h6-13,20,25-26,34H,4-5,14-19H2,1-3H3,(H,31,36);1H/t25-,26-;/m1./s1. The number of benzene rings is 2. The molecule has 0 saturated carbocycles. The summed E-state index contributed by atoms with van der Waals surface area (Å²) in [7, 11) is 0. The number of nitrogens with zero attached hydrogens (tertiary/aromatic N) is 2. The van der Waals surface area contributed by atoms with E-state index in [1.165, 1.54) is 0 Å². The number of piperazine rings is 1. The van der Waals surface area contributed by atoms with Gasteiger partial charge < -0.3 is 20.1 Å². The molecule has 2 aromatic rings. The lowest BCUT2D eigenvalue weighted by atomic mass is 9.80. The van der Waals surface area contributed by atoms with Crippen molar-refractivity contribution in [1.29, 1.82) is 0 Å². The number of ether oxygens (including phenoxy) is 1. The average Bonchev–Trinajstić information content (AvgIpc) is 2.89. The molecule has 0 radical (unpaired) electrons. The summed E-state index contributed by atoms with van der Waals surface area (Å²) in [6.45, 7) is 8.53. The van der Waals surface area contributed by atoms with Crippen LogP contribution in [0.15, 0.2) is 48.5 Å². The summed E-state index contributed by atoms with van der Waals surface area (Å²) in [4.78, 5) is 31.0. The summed E-state index contributed by atoms with van der Waals surface area (Å²) in [5.74, 6) is 1.08. The van der Waals surface area contributed by atoms with Crippen molar-refractivity contribution in [3.63, 3.8) is 0 Å². The Morgan fingerprint density at radius 1 is 1.05 bits per heavy atom. The molecule has 2 heterocycles. The van der Waals surface area contributed by atoms with Gasteiger partial charge in [0.15, 0.2) is 0 Å². The first-order valence-corrected chi connectivity index (χ1v) is 13.7.